The fraction of sp³-hybridized carbons (Fsp3) is 0.429. The number of carbonyl (C=O) groups is 1. The van der Waals surface area contributed by atoms with Crippen LogP contribution in [0.15, 0.2) is 60.7 Å². The first-order valence-corrected chi connectivity index (χ1v) is 13.2. The lowest BCUT2D eigenvalue weighted by atomic mass is 10.1. The summed E-state index contributed by atoms with van der Waals surface area (Å²) in [6, 6.07) is 18.9. The lowest BCUT2D eigenvalue weighted by Crippen LogP contribution is -2.30. The number of ether oxygens (including phenoxy) is 2. The van der Waals surface area contributed by atoms with Crippen LogP contribution < -0.4 is 21.3 Å². The predicted molar refractivity (Wildman–Crippen MR) is 152 cm³/mol. The molecule has 0 saturated heterocycles. The second-order valence-electron chi connectivity index (χ2n) is 9.10. The van der Waals surface area contributed by atoms with E-state index in [9.17, 15) is 9.90 Å². The molecule has 3 aromatic rings. The summed E-state index contributed by atoms with van der Waals surface area (Å²) in [5.41, 5.74) is 1.73. The molecule has 0 fully saturated rings. The van der Waals surface area contributed by atoms with Gasteiger partial charge in [0.2, 0.25) is 17.8 Å². The Labute approximate surface area is 229 Å². The van der Waals surface area contributed by atoms with Gasteiger partial charge in [0, 0.05) is 25.2 Å². The van der Waals surface area contributed by atoms with Gasteiger partial charge in [-0.3, -0.25) is 4.79 Å². The Kier molecular flexibility index (Phi) is 12.9. The van der Waals surface area contributed by atoms with E-state index < -0.39 is 0 Å². The highest BCUT2D eigenvalue weighted by molar-refractivity contribution is 5.94. The Morgan fingerprint density at radius 3 is 2.03 bits per heavy atom. The summed E-state index contributed by atoms with van der Waals surface area (Å²) in [6.45, 7) is 7.17. The van der Waals surface area contributed by atoms with Crippen LogP contribution in [0.2, 0.25) is 0 Å². The highest BCUT2D eigenvalue weighted by Crippen LogP contribution is 2.14. The van der Waals surface area contributed by atoms with Crippen molar-refractivity contribution < 1.29 is 19.4 Å². The molecule has 1 atom stereocenters. The summed E-state index contributed by atoms with van der Waals surface area (Å²) in [7, 11) is 0. The zero-order valence-electron chi connectivity index (χ0n) is 22.6. The molecule has 0 unspecified atom stereocenters. The molecule has 0 radical (unpaired) electrons. The Hall–Kier alpha value is -3.80. The second kappa shape index (κ2) is 16.9. The van der Waals surface area contributed by atoms with Gasteiger partial charge in [-0.25, -0.2) is 0 Å². The quantitative estimate of drug-likeness (QED) is 0.154. The number of aliphatic hydroxyl groups is 1. The molecule has 0 aliphatic rings. The first kappa shape index (κ1) is 29.8. The van der Waals surface area contributed by atoms with Crippen LogP contribution in [0.3, 0.4) is 0 Å². The summed E-state index contributed by atoms with van der Waals surface area (Å²) >= 11 is 0. The minimum atomic E-state index is -0.183. The number of hydrogen-bond acceptors (Lipinski definition) is 10. The third-order valence-electron chi connectivity index (χ3n) is 5.71. The normalized spacial score (nSPS) is 11.7. The molecule has 1 heterocycles. The van der Waals surface area contributed by atoms with Crippen LogP contribution >= 0.6 is 0 Å². The van der Waals surface area contributed by atoms with E-state index in [0.29, 0.717) is 69.5 Å². The van der Waals surface area contributed by atoms with Crippen LogP contribution in [0.5, 0.6) is 0 Å². The van der Waals surface area contributed by atoms with Gasteiger partial charge in [-0.05, 0) is 23.6 Å². The van der Waals surface area contributed by atoms with Crippen LogP contribution in [0.1, 0.15) is 29.8 Å². The number of nitrogens with one attached hydrogen (secondary N) is 4. The first-order chi connectivity index (χ1) is 19.0. The fourth-order valence-corrected chi connectivity index (χ4v) is 3.45. The van der Waals surface area contributed by atoms with Gasteiger partial charge in [0.25, 0.3) is 5.91 Å². The number of anilines is 3. The predicted octanol–water partition coefficient (Wildman–Crippen LogP) is 2.79. The van der Waals surface area contributed by atoms with E-state index in [1.54, 1.807) is 12.1 Å². The topological polar surface area (TPSA) is 143 Å². The SMILES string of the molecule is CC(C)[C@H](CO)Nc1nc(NCCOCCOCCNC(=O)c2ccccc2)nc(NCc2ccccc2)n1. The minimum absolute atomic E-state index is 0.0335. The monoisotopic (exact) mass is 537 g/mol. The number of carbonyl (C=O) groups excluding carboxylic acids is 1. The Morgan fingerprint density at radius 1 is 0.795 bits per heavy atom. The van der Waals surface area contributed by atoms with Crippen LogP contribution in [0, 0.1) is 5.92 Å². The lowest BCUT2D eigenvalue weighted by molar-refractivity contribution is 0.0519. The second-order valence-corrected chi connectivity index (χ2v) is 9.10. The molecule has 11 heteroatoms. The molecule has 0 aliphatic heterocycles. The van der Waals surface area contributed by atoms with Crippen LogP contribution in [-0.2, 0) is 16.0 Å². The van der Waals surface area contributed by atoms with Crippen LogP contribution in [0.25, 0.3) is 0 Å². The molecular weight excluding hydrogens is 498 g/mol. The van der Waals surface area contributed by atoms with E-state index in [1.807, 2.05) is 62.4 Å². The molecule has 0 saturated carbocycles. The number of amides is 1. The molecule has 1 amide bonds. The zero-order valence-corrected chi connectivity index (χ0v) is 22.6. The average Bonchev–Trinajstić information content (AvgIpc) is 2.96. The smallest absolute Gasteiger partial charge is 0.251 e. The van der Waals surface area contributed by atoms with Gasteiger partial charge >= 0.3 is 0 Å². The maximum Gasteiger partial charge on any atom is 0.251 e. The first-order valence-electron chi connectivity index (χ1n) is 13.2. The number of benzene rings is 2. The van der Waals surface area contributed by atoms with E-state index in [0.717, 1.165) is 5.56 Å². The Morgan fingerprint density at radius 2 is 1.38 bits per heavy atom. The minimum Gasteiger partial charge on any atom is -0.394 e. The molecule has 210 valence electrons. The number of nitrogens with zero attached hydrogens (tertiary/aromatic N) is 3. The fourth-order valence-electron chi connectivity index (χ4n) is 3.45. The van der Waals surface area contributed by atoms with Crippen molar-refractivity contribution >= 4 is 23.8 Å². The van der Waals surface area contributed by atoms with Crippen molar-refractivity contribution in [3.63, 3.8) is 0 Å². The molecular formula is C28H39N7O4. The number of aromatic nitrogens is 3. The molecule has 2 aromatic carbocycles. The van der Waals surface area contributed by atoms with Gasteiger partial charge in [0.05, 0.1) is 39.1 Å². The summed E-state index contributed by atoms with van der Waals surface area (Å²) in [5, 5.41) is 22.1. The third kappa shape index (κ3) is 11.2. The van der Waals surface area contributed by atoms with Gasteiger partial charge in [-0.1, -0.05) is 62.4 Å². The van der Waals surface area contributed by atoms with Crippen molar-refractivity contribution in [3.05, 3.63) is 71.8 Å². The molecule has 39 heavy (non-hydrogen) atoms. The summed E-state index contributed by atoms with van der Waals surface area (Å²) in [6.07, 6.45) is 0. The van der Waals surface area contributed by atoms with Crippen molar-refractivity contribution in [1.82, 2.24) is 20.3 Å². The molecule has 0 aliphatic carbocycles. The van der Waals surface area contributed by atoms with Crippen molar-refractivity contribution in [3.8, 4) is 0 Å². The zero-order chi connectivity index (χ0) is 27.7. The Balaban J connectivity index is 1.38. The standard InChI is InChI=1S/C28H39N7O4/c1-21(2)24(20-36)32-28-34-26(33-27(35-28)31-19-22-9-5-3-6-10-22)30-14-16-39-18-17-38-15-13-29-25(37)23-11-7-4-8-12-23/h3-12,21,24,36H,13-20H2,1-2H3,(H,29,37)(H3,30,31,32,33,34,35)/t24-/m0/s1. The molecule has 0 spiro atoms. The van der Waals surface area contributed by atoms with Crippen molar-refractivity contribution in [2.75, 3.05) is 62.1 Å². The van der Waals surface area contributed by atoms with Crippen molar-refractivity contribution in [2.45, 2.75) is 26.4 Å². The summed E-state index contributed by atoms with van der Waals surface area (Å²) in [4.78, 5) is 25.4. The number of aliphatic hydroxyl groups excluding tert-OH is 1. The van der Waals surface area contributed by atoms with Gasteiger partial charge in [-0.15, -0.1) is 0 Å². The molecule has 5 N–H and O–H groups in total. The maximum absolute atomic E-state index is 12.0. The largest absolute Gasteiger partial charge is 0.394 e. The van der Waals surface area contributed by atoms with Crippen LogP contribution in [0.4, 0.5) is 17.8 Å². The highest BCUT2D eigenvalue weighted by Gasteiger charge is 2.15. The summed E-state index contributed by atoms with van der Waals surface area (Å²) in [5.74, 6) is 1.28. The van der Waals surface area contributed by atoms with E-state index in [1.165, 1.54) is 0 Å². The van der Waals surface area contributed by atoms with E-state index in [4.69, 9.17) is 9.47 Å². The van der Waals surface area contributed by atoms with Gasteiger partial charge in [0.1, 0.15) is 0 Å². The van der Waals surface area contributed by atoms with Gasteiger partial charge in [-0.2, -0.15) is 15.0 Å². The van der Waals surface area contributed by atoms with E-state index in [-0.39, 0.29) is 24.5 Å². The lowest BCUT2D eigenvalue weighted by Gasteiger charge is -2.20. The average molecular weight is 538 g/mol. The third-order valence-corrected chi connectivity index (χ3v) is 5.71. The van der Waals surface area contributed by atoms with Crippen LogP contribution in [-0.4, -0.2) is 78.1 Å². The highest BCUT2D eigenvalue weighted by atomic mass is 16.5. The van der Waals surface area contributed by atoms with E-state index >= 15 is 0 Å². The van der Waals surface area contributed by atoms with E-state index in [2.05, 4.69) is 36.2 Å². The maximum atomic E-state index is 12.0. The van der Waals surface area contributed by atoms with Crippen molar-refractivity contribution in [2.24, 2.45) is 5.92 Å². The number of hydrogen-bond donors (Lipinski definition) is 5. The Bertz CT molecular complexity index is 1100. The summed E-state index contributed by atoms with van der Waals surface area (Å²) < 4.78 is 11.1. The van der Waals surface area contributed by atoms with Crippen molar-refractivity contribution in [1.29, 1.82) is 0 Å². The number of rotatable bonds is 18. The molecule has 3 rings (SSSR count). The van der Waals surface area contributed by atoms with Gasteiger partial charge < -0.3 is 35.8 Å². The molecule has 11 nitrogen and oxygen atoms in total. The van der Waals surface area contributed by atoms with Gasteiger partial charge in [0.15, 0.2) is 0 Å². The molecule has 1 aromatic heterocycles. The molecule has 0 bridgehead atoms.